The summed E-state index contributed by atoms with van der Waals surface area (Å²) in [5.41, 5.74) is 4.85. The molecule has 3 N–H and O–H groups in total. The Kier molecular flexibility index (Phi) is 9.02. The van der Waals surface area contributed by atoms with Gasteiger partial charge in [0, 0.05) is 56.8 Å². The van der Waals surface area contributed by atoms with Crippen LogP contribution in [0.15, 0.2) is 67.3 Å². The Bertz CT molecular complexity index is 1510. The SMILES string of the molecule is C=C(/C=C\N(C)C)C(=O)N1CCC(CC(=O)Nc2ccc3cc2CCc2cncc(c2)Nc2ncc(Cl)c(n2)N3)CC1. The number of benzene rings is 1. The van der Waals surface area contributed by atoms with Gasteiger partial charge in [-0.25, -0.2) is 4.98 Å². The van der Waals surface area contributed by atoms with Crippen molar-refractivity contribution < 1.29 is 9.59 Å². The molecule has 2 aliphatic rings. The van der Waals surface area contributed by atoms with Crippen LogP contribution in [0.25, 0.3) is 0 Å². The van der Waals surface area contributed by atoms with Crippen molar-refractivity contribution in [2.45, 2.75) is 32.1 Å². The van der Waals surface area contributed by atoms with Gasteiger partial charge in [-0.05, 0) is 79.3 Å². The Balaban J connectivity index is 1.25. The van der Waals surface area contributed by atoms with E-state index < -0.39 is 0 Å². The third-order valence-electron chi connectivity index (χ3n) is 7.34. The highest BCUT2D eigenvalue weighted by Gasteiger charge is 2.25. The van der Waals surface area contributed by atoms with Crippen molar-refractivity contribution in [2.24, 2.45) is 5.92 Å². The summed E-state index contributed by atoms with van der Waals surface area (Å²) < 4.78 is 0. The fourth-order valence-electron chi connectivity index (χ4n) is 5.07. The lowest BCUT2D eigenvalue weighted by Gasteiger charge is -2.32. The lowest BCUT2D eigenvalue weighted by molar-refractivity contribution is -0.128. The number of anilines is 5. The highest BCUT2D eigenvalue weighted by molar-refractivity contribution is 6.32. The van der Waals surface area contributed by atoms with Crippen molar-refractivity contribution >= 4 is 52.2 Å². The van der Waals surface area contributed by atoms with Crippen LogP contribution in [0.4, 0.5) is 28.8 Å². The molecular weight excluding hydrogens is 552 g/mol. The average molecular weight is 587 g/mol. The number of carbonyl (C=O) groups excluding carboxylic acids is 2. The zero-order valence-corrected chi connectivity index (χ0v) is 24.6. The summed E-state index contributed by atoms with van der Waals surface area (Å²) in [6.45, 7) is 5.14. The second-order valence-electron chi connectivity index (χ2n) is 10.9. The van der Waals surface area contributed by atoms with Crippen LogP contribution in [0.1, 0.15) is 30.4 Å². The van der Waals surface area contributed by atoms with Crippen molar-refractivity contribution in [1.29, 1.82) is 0 Å². The van der Waals surface area contributed by atoms with Gasteiger partial charge in [0.25, 0.3) is 5.91 Å². The van der Waals surface area contributed by atoms with E-state index in [9.17, 15) is 9.59 Å². The largest absolute Gasteiger partial charge is 0.383 e. The smallest absolute Gasteiger partial charge is 0.253 e. The average Bonchev–Trinajstić information content (AvgIpc) is 2.98. The monoisotopic (exact) mass is 586 g/mol. The van der Waals surface area contributed by atoms with Gasteiger partial charge in [0.05, 0.1) is 18.1 Å². The third-order valence-corrected chi connectivity index (χ3v) is 7.62. The van der Waals surface area contributed by atoms with Gasteiger partial charge in [0.15, 0.2) is 5.82 Å². The Morgan fingerprint density at radius 3 is 2.71 bits per heavy atom. The third kappa shape index (κ3) is 7.44. The lowest BCUT2D eigenvalue weighted by Crippen LogP contribution is -2.39. The van der Waals surface area contributed by atoms with Crippen molar-refractivity contribution in [3.63, 3.8) is 0 Å². The molecule has 0 unspecified atom stereocenters. The molecule has 10 nitrogen and oxygen atoms in total. The van der Waals surface area contributed by atoms with Gasteiger partial charge >= 0.3 is 0 Å². The second-order valence-corrected chi connectivity index (χ2v) is 11.3. The number of halogens is 1. The number of hydrogen-bond acceptors (Lipinski definition) is 8. The van der Waals surface area contributed by atoms with Crippen LogP contribution < -0.4 is 16.0 Å². The van der Waals surface area contributed by atoms with E-state index in [-0.39, 0.29) is 17.7 Å². The first kappa shape index (κ1) is 29.1. The fraction of sp³-hybridized carbons (Fsp3) is 0.323. The molecule has 218 valence electrons. The Morgan fingerprint density at radius 1 is 1.12 bits per heavy atom. The number of nitrogens with one attached hydrogen (secondary N) is 3. The molecule has 3 aromatic rings. The minimum atomic E-state index is -0.0549. The van der Waals surface area contributed by atoms with Crippen molar-refractivity contribution in [1.82, 2.24) is 24.8 Å². The molecule has 0 atom stereocenters. The van der Waals surface area contributed by atoms with E-state index in [0.29, 0.717) is 48.3 Å². The van der Waals surface area contributed by atoms with E-state index in [1.54, 1.807) is 18.5 Å². The second kappa shape index (κ2) is 13.0. The van der Waals surface area contributed by atoms with Crippen LogP contribution >= 0.6 is 11.6 Å². The number of hydrogen-bond donors (Lipinski definition) is 3. The summed E-state index contributed by atoms with van der Waals surface area (Å²) in [6.07, 6.45) is 12.0. The first-order valence-corrected chi connectivity index (χ1v) is 14.4. The molecule has 42 heavy (non-hydrogen) atoms. The van der Waals surface area contributed by atoms with Crippen molar-refractivity contribution in [3.05, 3.63) is 83.4 Å². The Labute approximate surface area is 250 Å². The number of pyridine rings is 1. The van der Waals surface area contributed by atoms with Crippen molar-refractivity contribution in [3.8, 4) is 0 Å². The number of carbonyl (C=O) groups is 2. The minimum Gasteiger partial charge on any atom is -0.383 e. The van der Waals surface area contributed by atoms with Crippen LogP contribution in [0.2, 0.25) is 5.02 Å². The number of rotatable bonds is 6. The van der Waals surface area contributed by atoms with Crippen LogP contribution in [-0.2, 0) is 22.4 Å². The van der Waals surface area contributed by atoms with E-state index in [4.69, 9.17) is 11.6 Å². The standard InChI is InChI=1S/C31H35ClN8O2/c1-20(8-11-39(2)3)30(42)40-12-9-21(10-13-40)15-28(41)37-27-7-6-24-16-23(27)5-4-22-14-25(18-33-17-22)36-31-34-19-26(32)29(35-24)38-31/h6-8,11,14,16-19,21H,1,4-5,9-10,12-13,15H2,2-3H3,(H,37,41)(H2,34,35,36,38)/b11-8-. The minimum absolute atomic E-state index is 0.0330. The van der Waals surface area contributed by atoms with Gasteiger partial charge in [0.2, 0.25) is 11.9 Å². The molecule has 5 rings (SSSR count). The summed E-state index contributed by atoms with van der Waals surface area (Å²) in [6, 6.07) is 7.83. The molecule has 0 aliphatic carbocycles. The highest BCUT2D eigenvalue weighted by atomic mass is 35.5. The summed E-state index contributed by atoms with van der Waals surface area (Å²) in [5.74, 6) is 1.00. The van der Waals surface area contributed by atoms with E-state index in [1.165, 1.54) is 0 Å². The molecule has 1 aromatic carbocycles. The number of amides is 2. The van der Waals surface area contributed by atoms with E-state index in [1.807, 2.05) is 60.6 Å². The van der Waals surface area contributed by atoms with Gasteiger partial charge in [-0.1, -0.05) is 18.2 Å². The molecule has 4 heterocycles. The summed E-state index contributed by atoms with van der Waals surface area (Å²) in [7, 11) is 3.80. The predicted octanol–water partition coefficient (Wildman–Crippen LogP) is 5.31. The topological polar surface area (TPSA) is 115 Å². The quantitative estimate of drug-likeness (QED) is 0.263. The Morgan fingerprint density at radius 2 is 1.93 bits per heavy atom. The molecule has 11 heteroatoms. The lowest BCUT2D eigenvalue weighted by atomic mass is 9.92. The maximum atomic E-state index is 13.2. The maximum Gasteiger partial charge on any atom is 0.253 e. The van der Waals surface area contributed by atoms with E-state index in [2.05, 4.69) is 37.5 Å². The van der Waals surface area contributed by atoms with Crippen molar-refractivity contribution in [2.75, 3.05) is 43.1 Å². The molecule has 0 spiro atoms. The van der Waals surface area contributed by atoms with Gasteiger partial charge in [-0.2, -0.15) is 4.98 Å². The first-order valence-electron chi connectivity index (χ1n) is 14.0. The van der Waals surface area contributed by atoms with E-state index in [0.717, 1.165) is 47.5 Å². The zero-order chi connectivity index (χ0) is 29.6. The molecule has 1 fully saturated rings. The van der Waals surface area contributed by atoms with Crippen LogP contribution in [0.3, 0.4) is 0 Å². The first-order chi connectivity index (χ1) is 20.2. The Hall–Kier alpha value is -4.44. The molecule has 0 radical (unpaired) electrons. The van der Waals surface area contributed by atoms with Crippen LogP contribution in [0, 0.1) is 5.92 Å². The van der Waals surface area contributed by atoms with Crippen LogP contribution in [-0.4, -0.2) is 63.8 Å². The molecule has 0 saturated carbocycles. The number of aryl methyl sites for hydroxylation is 2. The summed E-state index contributed by atoms with van der Waals surface area (Å²) >= 11 is 6.38. The molecule has 1 saturated heterocycles. The highest BCUT2D eigenvalue weighted by Crippen LogP contribution is 2.30. The number of nitrogens with zero attached hydrogens (tertiary/aromatic N) is 5. The number of aromatic nitrogens is 3. The molecular formula is C31H35ClN8O2. The number of likely N-dealkylation sites (tertiary alicyclic amines) is 1. The van der Waals surface area contributed by atoms with Gasteiger partial charge < -0.3 is 25.8 Å². The van der Waals surface area contributed by atoms with Gasteiger partial charge in [-0.15, -0.1) is 0 Å². The molecule has 2 aliphatic heterocycles. The number of fused-ring (bicyclic) bond motifs is 6. The maximum absolute atomic E-state index is 13.2. The molecule has 2 amide bonds. The zero-order valence-electron chi connectivity index (χ0n) is 23.9. The summed E-state index contributed by atoms with van der Waals surface area (Å²) in [4.78, 5) is 42.7. The van der Waals surface area contributed by atoms with Gasteiger partial charge in [-0.3, -0.25) is 14.6 Å². The van der Waals surface area contributed by atoms with Gasteiger partial charge in [0.1, 0.15) is 5.02 Å². The van der Waals surface area contributed by atoms with Crippen LogP contribution in [0.5, 0.6) is 0 Å². The molecule has 2 aromatic heterocycles. The fourth-order valence-corrected chi connectivity index (χ4v) is 5.21. The summed E-state index contributed by atoms with van der Waals surface area (Å²) in [5, 5.41) is 10.0. The predicted molar refractivity (Wildman–Crippen MR) is 166 cm³/mol. The molecule has 6 bridgehead atoms. The van der Waals surface area contributed by atoms with E-state index >= 15 is 0 Å². The number of piperidine rings is 1. The normalized spacial score (nSPS) is 15.0.